The molecule has 1 aliphatic rings. The third-order valence-electron chi connectivity index (χ3n) is 5.43. The van der Waals surface area contributed by atoms with Crippen LogP contribution in [0.1, 0.15) is 34.6 Å². The lowest BCUT2D eigenvalue weighted by Crippen LogP contribution is -2.38. The Kier molecular flexibility index (Phi) is 5.38. The maximum Gasteiger partial charge on any atom is 0.271 e. The van der Waals surface area contributed by atoms with Crippen LogP contribution < -0.4 is 0 Å². The number of pyridine rings is 1. The zero-order valence-corrected chi connectivity index (χ0v) is 16.9. The highest BCUT2D eigenvalue weighted by molar-refractivity contribution is 6.31. The van der Waals surface area contributed by atoms with Gasteiger partial charge in [0.25, 0.3) is 5.91 Å². The Morgan fingerprint density at radius 3 is 2.93 bits per heavy atom. The summed E-state index contributed by atoms with van der Waals surface area (Å²) in [6.07, 6.45) is 3.86. The summed E-state index contributed by atoms with van der Waals surface area (Å²) in [5, 5.41) is 1.68. The van der Waals surface area contributed by atoms with Gasteiger partial charge in [0.1, 0.15) is 5.69 Å². The molecule has 1 aliphatic heterocycles. The molecule has 1 amide bonds. The lowest BCUT2D eigenvalue weighted by molar-refractivity contribution is 0.0497. The van der Waals surface area contributed by atoms with E-state index in [0.29, 0.717) is 23.8 Å². The van der Waals surface area contributed by atoms with Gasteiger partial charge in [-0.2, -0.15) is 0 Å². The normalized spacial score (nSPS) is 16.6. The molecule has 0 unspecified atom stereocenters. The van der Waals surface area contributed by atoms with Gasteiger partial charge < -0.3 is 14.2 Å². The first-order valence-electron chi connectivity index (χ1n) is 9.60. The maximum absolute atomic E-state index is 13.6. The van der Waals surface area contributed by atoms with Crippen LogP contribution in [0.15, 0.2) is 42.6 Å². The lowest BCUT2D eigenvalue weighted by Gasteiger charge is -2.26. The van der Waals surface area contributed by atoms with Crippen LogP contribution in [0.5, 0.6) is 0 Å². The molecule has 3 heterocycles. The van der Waals surface area contributed by atoms with Crippen molar-refractivity contribution in [1.82, 2.24) is 14.5 Å². The minimum absolute atomic E-state index is 0.00604. The second-order valence-corrected chi connectivity index (χ2v) is 7.77. The Morgan fingerprint density at radius 2 is 2.21 bits per heavy atom. The van der Waals surface area contributed by atoms with Gasteiger partial charge in [-0.1, -0.05) is 17.7 Å². The van der Waals surface area contributed by atoms with Crippen molar-refractivity contribution < 1.29 is 9.53 Å². The van der Waals surface area contributed by atoms with Gasteiger partial charge in [0.2, 0.25) is 0 Å². The molecule has 28 heavy (non-hydrogen) atoms. The van der Waals surface area contributed by atoms with Crippen molar-refractivity contribution in [3.05, 3.63) is 64.6 Å². The van der Waals surface area contributed by atoms with Gasteiger partial charge in [0.05, 0.1) is 18.3 Å². The SMILES string of the molecule is Cc1c(C(=O)N(Cc2ccccn2)C[C@H]2CCCO2)n(C)c2ccc(Cl)cc12. The number of hydrogen-bond acceptors (Lipinski definition) is 3. The summed E-state index contributed by atoms with van der Waals surface area (Å²) in [6.45, 7) is 3.77. The zero-order valence-electron chi connectivity index (χ0n) is 16.2. The second kappa shape index (κ2) is 7.94. The summed E-state index contributed by atoms with van der Waals surface area (Å²) in [6, 6.07) is 11.5. The van der Waals surface area contributed by atoms with Crippen LogP contribution in [-0.4, -0.2) is 39.6 Å². The van der Waals surface area contributed by atoms with Crippen LogP contribution in [0.4, 0.5) is 0 Å². The minimum atomic E-state index is -0.00604. The Bertz CT molecular complexity index is 994. The maximum atomic E-state index is 13.6. The topological polar surface area (TPSA) is 47.4 Å². The van der Waals surface area contributed by atoms with Crippen molar-refractivity contribution in [3.8, 4) is 0 Å². The summed E-state index contributed by atoms with van der Waals surface area (Å²) in [5.41, 5.74) is 3.50. The number of hydrogen-bond donors (Lipinski definition) is 0. The number of amides is 1. The molecule has 0 N–H and O–H groups in total. The fourth-order valence-electron chi connectivity index (χ4n) is 3.99. The summed E-state index contributed by atoms with van der Waals surface area (Å²) in [5.74, 6) is -0.00604. The largest absolute Gasteiger partial charge is 0.376 e. The minimum Gasteiger partial charge on any atom is -0.376 e. The van der Waals surface area contributed by atoms with E-state index in [9.17, 15) is 4.79 Å². The quantitative estimate of drug-likeness (QED) is 0.642. The first-order chi connectivity index (χ1) is 13.5. The number of nitrogens with zero attached hydrogens (tertiary/aromatic N) is 3. The van der Waals surface area contributed by atoms with Crippen LogP contribution in [0.2, 0.25) is 5.02 Å². The van der Waals surface area contributed by atoms with Crippen molar-refractivity contribution in [3.63, 3.8) is 0 Å². The number of benzene rings is 1. The van der Waals surface area contributed by atoms with Crippen LogP contribution in [0.25, 0.3) is 10.9 Å². The van der Waals surface area contributed by atoms with Gasteiger partial charge in [-0.3, -0.25) is 9.78 Å². The zero-order chi connectivity index (χ0) is 19.7. The second-order valence-electron chi connectivity index (χ2n) is 7.34. The molecule has 1 atom stereocenters. The summed E-state index contributed by atoms with van der Waals surface area (Å²) in [4.78, 5) is 19.9. The molecule has 2 aromatic heterocycles. The number of halogens is 1. The number of aryl methyl sites for hydroxylation is 2. The van der Waals surface area contributed by atoms with Crippen molar-refractivity contribution in [2.45, 2.75) is 32.4 Å². The Morgan fingerprint density at radius 1 is 1.36 bits per heavy atom. The molecule has 6 heteroatoms. The van der Waals surface area contributed by atoms with Gasteiger partial charge in [0.15, 0.2) is 0 Å². The molecule has 1 fully saturated rings. The predicted molar refractivity (Wildman–Crippen MR) is 111 cm³/mol. The average molecular weight is 398 g/mol. The number of fused-ring (bicyclic) bond motifs is 1. The fraction of sp³-hybridized carbons (Fsp3) is 0.364. The van der Waals surface area contributed by atoms with Gasteiger partial charge in [-0.15, -0.1) is 0 Å². The highest BCUT2D eigenvalue weighted by Gasteiger charge is 2.27. The fourth-order valence-corrected chi connectivity index (χ4v) is 4.17. The smallest absolute Gasteiger partial charge is 0.271 e. The molecule has 0 spiro atoms. The van der Waals surface area contributed by atoms with E-state index in [1.807, 2.05) is 59.8 Å². The highest BCUT2D eigenvalue weighted by Crippen LogP contribution is 2.29. The first kappa shape index (κ1) is 19.0. The Labute approximate surface area is 169 Å². The molecule has 3 aromatic rings. The number of carbonyl (C=O) groups excluding carboxylic acids is 1. The van der Waals surface area contributed by atoms with Crippen LogP contribution >= 0.6 is 11.6 Å². The number of carbonyl (C=O) groups is 1. The predicted octanol–water partition coefficient (Wildman–Crippen LogP) is 4.36. The van der Waals surface area contributed by atoms with Crippen LogP contribution in [-0.2, 0) is 18.3 Å². The van der Waals surface area contributed by atoms with Gasteiger partial charge in [0, 0.05) is 42.3 Å². The number of ether oxygens (including phenoxy) is 1. The van der Waals surface area contributed by atoms with E-state index < -0.39 is 0 Å². The highest BCUT2D eigenvalue weighted by atomic mass is 35.5. The third kappa shape index (κ3) is 3.64. The standard InChI is InChI=1S/C22H24ClN3O2/c1-15-19-12-16(23)8-9-20(19)25(2)21(15)22(27)26(14-18-7-5-11-28-18)13-17-6-3-4-10-24-17/h3-4,6,8-10,12,18H,5,7,11,13-14H2,1-2H3/t18-/m1/s1. The Balaban J connectivity index is 1.71. The molecular formula is C22H24ClN3O2. The molecule has 5 nitrogen and oxygen atoms in total. The molecule has 0 saturated carbocycles. The molecule has 1 aromatic carbocycles. The summed E-state index contributed by atoms with van der Waals surface area (Å²) >= 11 is 6.19. The van der Waals surface area contributed by atoms with Gasteiger partial charge in [-0.25, -0.2) is 0 Å². The number of rotatable bonds is 5. The van der Waals surface area contributed by atoms with Crippen LogP contribution in [0.3, 0.4) is 0 Å². The van der Waals surface area contributed by atoms with E-state index in [0.717, 1.165) is 41.6 Å². The van der Waals surface area contributed by atoms with E-state index in [-0.39, 0.29) is 12.0 Å². The van der Waals surface area contributed by atoms with E-state index in [2.05, 4.69) is 4.98 Å². The monoisotopic (exact) mass is 397 g/mol. The molecule has 1 saturated heterocycles. The van der Waals surface area contributed by atoms with Crippen molar-refractivity contribution in [2.24, 2.45) is 7.05 Å². The lowest BCUT2D eigenvalue weighted by atomic mass is 10.1. The van der Waals surface area contributed by atoms with Gasteiger partial charge in [-0.05, 0) is 55.7 Å². The van der Waals surface area contributed by atoms with Crippen molar-refractivity contribution in [2.75, 3.05) is 13.2 Å². The van der Waals surface area contributed by atoms with E-state index >= 15 is 0 Å². The van der Waals surface area contributed by atoms with Gasteiger partial charge >= 0.3 is 0 Å². The average Bonchev–Trinajstić information content (AvgIpc) is 3.28. The van der Waals surface area contributed by atoms with E-state index in [1.54, 1.807) is 6.20 Å². The van der Waals surface area contributed by atoms with Crippen LogP contribution in [0, 0.1) is 6.92 Å². The molecule has 0 radical (unpaired) electrons. The third-order valence-corrected chi connectivity index (χ3v) is 5.67. The molecule has 4 rings (SSSR count). The molecular weight excluding hydrogens is 374 g/mol. The number of aromatic nitrogens is 2. The van der Waals surface area contributed by atoms with E-state index in [4.69, 9.17) is 16.3 Å². The Hall–Kier alpha value is -2.37. The van der Waals surface area contributed by atoms with E-state index in [1.165, 1.54) is 0 Å². The van der Waals surface area contributed by atoms with Crippen molar-refractivity contribution >= 4 is 28.4 Å². The molecule has 0 aliphatic carbocycles. The summed E-state index contributed by atoms with van der Waals surface area (Å²) in [7, 11) is 1.93. The summed E-state index contributed by atoms with van der Waals surface area (Å²) < 4.78 is 7.77. The first-order valence-corrected chi connectivity index (χ1v) is 9.97. The molecule has 0 bridgehead atoms. The van der Waals surface area contributed by atoms with Crippen molar-refractivity contribution in [1.29, 1.82) is 0 Å². The molecule has 146 valence electrons.